The van der Waals surface area contributed by atoms with Crippen LogP contribution in [-0.2, 0) is 10.0 Å². The van der Waals surface area contributed by atoms with E-state index in [1.807, 2.05) is 6.07 Å². The molecule has 0 aromatic heterocycles. The van der Waals surface area contributed by atoms with Crippen molar-refractivity contribution in [1.29, 1.82) is 0 Å². The molecule has 1 saturated heterocycles. The molecule has 2 N–H and O–H groups in total. The number of hydrogen-bond donors (Lipinski definition) is 2. The van der Waals surface area contributed by atoms with Gasteiger partial charge in [-0.15, -0.1) is 24.8 Å². The third kappa shape index (κ3) is 6.95. The zero-order valence-corrected chi connectivity index (χ0v) is 16.1. The van der Waals surface area contributed by atoms with Crippen LogP contribution >= 0.6 is 24.8 Å². The number of piperazine rings is 1. The van der Waals surface area contributed by atoms with Crippen LogP contribution in [-0.4, -0.2) is 52.6 Å². The highest BCUT2D eigenvalue weighted by Gasteiger charge is 2.16. The molecule has 134 valence electrons. The summed E-state index contributed by atoms with van der Waals surface area (Å²) < 4.78 is 27.3. The highest BCUT2D eigenvalue weighted by molar-refractivity contribution is 7.89. The molecule has 2 rings (SSSR count). The van der Waals surface area contributed by atoms with Gasteiger partial charge < -0.3 is 5.32 Å². The van der Waals surface area contributed by atoms with Crippen LogP contribution in [0.25, 0.3) is 0 Å². The number of halogens is 2. The Hall–Kier alpha value is -0.370. The molecule has 0 saturated carbocycles. The van der Waals surface area contributed by atoms with Crippen LogP contribution in [0.15, 0.2) is 29.2 Å². The van der Waals surface area contributed by atoms with Crippen molar-refractivity contribution in [3.05, 3.63) is 29.8 Å². The van der Waals surface area contributed by atoms with Gasteiger partial charge in [-0.05, 0) is 23.6 Å². The number of nitrogens with one attached hydrogen (secondary N) is 2. The Morgan fingerprint density at radius 3 is 2.48 bits per heavy atom. The molecule has 0 radical (unpaired) electrons. The molecular formula is C15H27Cl2N3O2S. The normalized spacial score (nSPS) is 15.8. The first-order valence-corrected chi connectivity index (χ1v) is 9.00. The lowest BCUT2D eigenvalue weighted by atomic mass is 10.0. The minimum absolute atomic E-state index is 0. The fourth-order valence-electron chi connectivity index (χ4n) is 2.40. The van der Waals surface area contributed by atoms with Crippen LogP contribution in [0.1, 0.15) is 25.3 Å². The fraction of sp³-hybridized carbons (Fsp3) is 0.600. The first kappa shape index (κ1) is 22.6. The first-order valence-electron chi connectivity index (χ1n) is 7.52. The second-order valence-electron chi connectivity index (χ2n) is 5.72. The van der Waals surface area contributed by atoms with Crippen molar-refractivity contribution in [3.8, 4) is 0 Å². The summed E-state index contributed by atoms with van der Waals surface area (Å²) >= 11 is 0. The van der Waals surface area contributed by atoms with Crippen LogP contribution in [0.2, 0.25) is 0 Å². The van der Waals surface area contributed by atoms with Crippen LogP contribution in [0.5, 0.6) is 0 Å². The molecule has 1 aromatic rings. The minimum Gasteiger partial charge on any atom is -0.314 e. The monoisotopic (exact) mass is 383 g/mol. The van der Waals surface area contributed by atoms with Gasteiger partial charge in [0.1, 0.15) is 0 Å². The molecule has 1 aliphatic heterocycles. The van der Waals surface area contributed by atoms with Crippen LogP contribution in [0.4, 0.5) is 0 Å². The Bertz CT molecular complexity index is 562. The van der Waals surface area contributed by atoms with Gasteiger partial charge in [-0.25, -0.2) is 13.1 Å². The first-order chi connectivity index (χ1) is 9.99. The predicted octanol–water partition coefficient (Wildman–Crippen LogP) is 1.84. The maximum atomic E-state index is 12.3. The van der Waals surface area contributed by atoms with Crippen molar-refractivity contribution in [2.75, 3.05) is 39.3 Å². The zero-order valence-electron chi connectivity index (χ0n) is 13.6. The quantitative estimate of drug-likeness (QED) is 0.786. The van der Waals surface area contributed by atoms with Crippen molar-refractivity contribution in [1.82, 2.24) is 14.9 Å². The average molecular weight is 384 g/mol. The topological polar surface area (TPSA) is 61.4 Å². The number of sulfonamides is 1. The van der Waals surface area contributed by atoms with E-state index in [2.05, 4.69) is 28.8 Å². The van der Waals surface area contributed by atoms with E-state index in [1.165, 1.54) is 0 Å². The van der Waals surface area contributed by atoms with E-state index in [0.717, 1.165) is 38.3 Å². The van der Waals surface area contributed by atoms with Crippen molar-refractivity contribution < 1.29 is 8.42 Å². The lowest BCUT2D eigenvalue weighted by molar-refractivity contribution is 0.245. The molecule has 5 nitrogen and oxygen atoms in total. The second-order valence-corrected chi connectivity index (χ2v) is 7.48. The van der Waals surface area contributed by atoms with Gasteiger partial charge in [0.2, 0.25) is 10.0 Å². The molecule has 0 atom stereocenters. The Morgan fingerprint density at radius 2 is 1.87 bits per heavy atom. The Morgan fingerprint density at radius 1 is 1.22 bits per heavy atom. The number of benzene rings is 1. The van der Waals surface area contributed by atoms with E-state index in [9.17, 15) is 8.42 Å². The predicted molar refractivity (Wildman–Crippen MR) is 99.5 cm³/mol. The minimum atomic E-state index is -3.41. The summed E-state index contributed by atoms with van der Waals surface area (Å²) in [5.41, 5.74) is 1.04. The van der Waals surface area contributed by atoms with Gasteiger partial charge in [0.05, 0.1) is 4.90 Å². The maximum Gasteiger partial charge on any atom is 0.240 e. The summed E-state index contributed by atoms with van der Waals surface area (Å²) in [4.78, 5) is 2.62. The zero-order chi connectivity index (χ0) is 15.3. The van der Waals surface area contributed by atoms with Crippen LogP contribution in [0, 0.1) is 0 Å². The van der Waals surface area contributed by atoms with E-state index in [0.29, 0.717) is 17.4 Å². The summed E-state index contributed by atoms with van der Waals surface area (Å²) in [7, 11) is -3.41. The van der Waals surface area contributed by atoms with E-state index in [-0.39, 0.29) is 24.8 Å². The van der Waals surface area contributed by atoms with Crippen LogP contribution < -0.4 is 10.0 Å². The van der Waals surface area contributed by atoms with Gasteiger partial charge in [0.15, 0.2) is 0 Å². The summed E-state index contributed by atoms with van der Waals surface area (Å²) in [6.45, 7) is 9.23. The Balaban J connectivity index is 0.00000242. The molecule has 0 unspecified atom stereocenters. The lowest BCUT2D eigenvalue weighted by Crippen LogP contribution is -2.46. The van der Waals surface area contributed by atoms with Crippen molar-refractivity contribution >= 4 is 34.8 Å². The molecule has 0 bridgehead atoms. The number of rotatable bonds is 6. The average Bonchev–Trinajstić information content (AvgIpc) is 2.48. The van der Waals surface area contributed by atoms with Crippen molar-refractivity contribution in [2.24, 2.45) is 0 Å². The third-order valence-electron chi connectivity index (χ3n) is 3.76. The molecule has 1 heterocycles. The van der Waals surface area contributed by atoms with Crippen molar-refractivity contribution in [2.45, 2.75) is 24.7 Å². The molecule has 0 amide bonds. The van der Waals surface area contributed by atoms with E-state index in [1.54, 1.807) is 18.2 Å². The Labute approximate surface area is 152 Å². The molecule has 23 heavy (non-hydrogen) atoms. The molecule has 0 spiro atoms. The lowest BCUT2D eigenvalue weighted by Gasteiger charge is -2.27. The van der Waals surface area contributed by atoms with Gasteiger partial charge in [-0.3, -0.25) is 4.90 Å². The Kier molecular flexibility index (Phi) is 10.3. The summed E-state index contributed by atoms with van der Waals surface area (Å²) in [6, 6.07) is 7.18. The number of hydrogen-bond acceptors (Lipinski definition) is 4. The van der Waals surface area contributed by atoms with Gasteiger partial charge >= 0.3 is 0 Å². The van der Waals surface area contributed by atoms with E-state index in [4.69, 9.17) is 0 Å². The second kappa shape index (κ2) is 10.5. The van der Waals surface area contributed by atoms with Gasteiger partial charge in [-0.2, -0.15) is 0 Å². The molecule has 8 heteroatoms. The molecule has 1 aromatic carbocycles. The van der Waals surface area contributed by atoms with Gasteiger partial charge in [0, 0.05) is 39.3 Å². The van der Waals surface area contributed by atoms with Crippen LogP contribution in [0.3, 0.4) is 0 Å². The SMILES string of the molecule is CC(C)c1cccc(S(=O)(=O)NCCN2CCNCC2)c1.Cl.Cl. The fourth-order valence-corrected chi connectivity index (χ4v) is 3.47. The van der Waals surface area contributed by atoms with Gasteiger partial charge in [-0.1, -0.05) is 26.0 Å². The van der Waals surface area contributed by atoms with E-state index < -0.39 is 10.0 Å². The summed E-state index contributed by atoms with van der Waals surface area (Å²) in [5, 5.41) is 3.28. The third-order valence-corrected chi connectivity index (χ3v) is 5.22. The molecule has 1 fully saturated rings. The summed E-state index contributed by atoms with van der Waals surface area (Å²) in [6.07, 6.45) is 0. The standard InChI is InChI=1S/C15H25N3O2S.2ClH/c1-13(2)14-4-3-5-15(12-14)21(19,20)17-8-11-18-9-6-16-7-10-18;;/h3-5,12-13,16-17H,6-11H2,1-2H3;2*1H. The summed E-state index contributed by atoms with van der Waals surface area (Å²) in [5.74, 6) is 0.320. The molecule has 1 aliphatic rings. The number of nitrogens with zero attached hydrogens (tertiary/aromatic N) is 1. The maximum absolute atomic E-state index is 12.3. The highest BCUT2D eigenvalue weighted by atomic mass is 35.5. The van der Waals surface area contributed by atoms with Crippen molar-refractivity contribution in [3.63, 3.8) is 0 Å². The molecular weight excluding hydrogens is 357 g/mol. The molecule has 0 aliphatic carbocycles. The largest absolute Gasteiger partial charge is 0.314 e. The van der Waals surface area contributed by atoms with E-state index >= 15 is 0 Å². The van der Waals surface area contributed by atoms with Gasteiger partial charge in [0.25, 0.3) is 0 Å². The smallest absolute Gasteiger partial charge is 0.240 e. The highest BCUT2D eigenvalue weighted by Crippen LogP contribution is 2.18.